The number of aromatic nitrogens is 5. The summed E-state index contributed by atoms with van der Waals surface area (Å²) in [5.41, 5.74) is 4.38. The summed E-state index contributed by atoms with van der Waals surface area (Å²) in [7, 11) is 0. The van der Waals surface area contributed by atoms with Crippen LogP contribution in [0.5, 0.6) is 0 Å². The molecular weight excluding hydrogens is 374 g/mol. The minimum Gasteiger partial charge on any atom is -0.334 e. The number of thiazole rings is 1. The van der Waals surface area contributed by atoms with Gasteiger partial charge in [-0.3, -0.25) is 9.78 Å². The molecule has 0 aliphatic rings. The summed E-state index contributed by atoms with van der Waals surface area (Å²) in [6, 6.07) is 3.66. The number of nitrogens with two attached hydrogens (primary N) is 1. The number of anilines is 2. The lowest BCUT2D eigenvalue weighted by Crippen LogP contribution is -2.16. The van der Waals surface area contributed by atoms with Crippen molar-refractivity contribution in [2.45, 2.75) is 12.1 Å². The maximum Gasteiger partial charge on any atom is 0.264 e. The average molecular weight is 389 g/mol. The molecule has 0 fully saturated rings. The third kappa shape index (κ3) is 4.77. The molecule has 3 aromatic heterocycles. The zero-order chi connectivity index (χ0) is 18.4. The van der Waals surface area contributed by atoms with E-state index in [0.717, 1.165) is 23.0 Å². The molecule has 3 rings (SSSR count). The first-order valence-corrected chi connectivity index (χ1v) is 9.22. The molecule has 0 aliphatic carbocycles. The van der Waals surface area contributed by atoms with Crippen LogP contribution in [-0.4, -0.2) is 42.7 Å². The van der Waals surface area contributed by atoms with Gasteiger partial charge in [-0.2, -0.15) is 5.10 Å². The van der Waals surface area contributed by atoms with E-state index in [0.29, 0.717) is 10.3 Å². The molecule has 0 saturated heterocycles. The van der Waals surface area contributed by atoms with Gasteiger partial charge in [-0.15, -0.1) is 21.5 Å². The van der Waals surface area contributed by atoms with Crippen molar-refractivity contribution in [2.24, 2.45) is 5.10 Å². The molecule has 26 heavy (non-hydrogen) atoms. The van der Waals surface area contributed by atoms with Gasteiger partial charge < -0.3 is 11.2 Å². The van der Waals surface area contributed by atoms with Crippen molar-refractivity contribution >= 4 is 46.3 Å². The average Bonchev–Trinajstić information content (AvgIpc) is 3.20. The van der Waals surface area contributed by atoms with E-state index >= 15 is 0 Å². The van der Waals surface area contributed by atoms with E-state index in [2.05, 4.69) is 36.0 Å². The third-order valence-electron chi connectivity index (χ3n) is 2.92. The van der Waals surface area contributed by atoms with Gasteiger partial charge in [-0.25, -0.2) is 15.1 Å². The molecule has 0 aliphatic heterocycles. The molecule has 4 N–H and O–H groups in total. The van der Waals surface area contributed by atoms with Gasteiger partial charge in [0.05, 0.1) is 17.7 Å². The van der Waals surface area contributed by atoms with Crippen LogP contribution in [0.3, 0.4) is 0 Å². The predicted octanol–water partition coefficient (Wildman–Crippen LogP) is 1.33. The fourth-order valence-corrected chi connectivity index (χ4v) is 3.13. The van der Waals surface area contributed by atoms with Gasteiger partial charge in [0.25, 0.3) is 5.95 Å². The second kappa shape index (κ2) is 8.40. The third-order valence-corrected chi connectivity index (χ3v) is 4.74. The first-order chi connectivity index (χ1) is 12.6. The van der Waals surface area contributed by atoms with E-state index in [-0.39, 0.29) is 17.6 Å². The maximum absolute atomic E-state index is 11.9. The number of carbonyl (C=O) groups excluding carboxylic acids is 1. The van der Waals surface area contributed by atoms with Crippen LogP contribution in [0.2, 0.25) is 0 Å². The Bertz CT molecular complexity index is 906. The number of nitrogen functional groups attached to an aromatic ring is 1. The molecule has 0 atom stereocenters. The maximum atomic E-state index is 11.9. The number of pyridine rings is 1. The molecule has 12 heteroatoms. The topological polar surface area (TPSA) is 136 Å². The Kier molecular flexibility index (Phi) is 5.76. The van der Waals surface area contributed by atoms with Crippen LogP contribution in [0.25, 0.3) is 0 Å². The van der Waals surface area contributed by atoms with Gasteiger partial charge in [0, 0.05) is 23.3 Å². The summed E-state index contributed by atoms with van der Waals surface area (Å²) in [5.74, 6) is 6.09. The van der Waals surface area contributed by atoms with Crippen LogP contribution in [0.4, 0.5) is 11.1 Å². The normalized spacial score (nSPS) is 11.0. The monoisotopic (exact) mass is 389 g/mol. The van der Waals surface area contributed by atoms with Gasteiger partial charge in [-0.1, -0.05) is 17.8 Å². The number of hydrazone groups is 1. The first-order valence-electron chi connectivity index (χ1n) is 7.36. The Balaban J connectivity index is 1.52. The molecule has 0 bridgehead atoms. The Morgan fingerprint density at radius 2 is 2.38 bits per heavy atom. The molecule has 0 radical (unpaired) electrons. The Labute approximate surface area is 156 Å². The minimum atomic E-state index is -0.198. The Morgan fingerprint density at radius 1 is 1.50 bits per heavy atom. The summed E-state index contributed by atoms with van der Waals surface area (Å²) >= 11 is 2.53. The van der Waals surface area contributed by atoms with Gasteiger partial charge in [-0.05, 0) is 13.0 Å². The number of rotatable bonds is 7. The van der Waals surface area contributed by atoms with E-state index in [4.69, 9.17) is 5.84 Å². The number of amides is 1. The highest BCUT2D eigenvalue weighted by atomic mass is 32.2. The molecule has 0 saturated carbocycles. The van der Waals surface area contributed by atoms with Gasteiger partial charge >= 0.3 is 0 Å². The zero-order valence-electron chi connectivity index (χ0n) is 13.7. The fraction of sp³-hybridized carbons (Fsp3) is 0.143. The number of nitrogens with zero attached hydrogens (tertiary/aromatic N) is 6. The summed E-state index contributed by atoms with van der Waals surface area (Å²) in [6.07, 6.45) is 4.93. The molecule has 0 aromatic carbocycles. The zero-order valence-corrected chi connectivity index (χ0v) is 15.3. The van der Waals surface area contributed by atoms with Crippen molar-refractivity contribution in [3.05, 3.63) is 41.2 Å². The van der Waals surface area contributed by atoms with E-state index in [9.17, 15) is 4.79 Å². The number of carbonyl (C=O) groups is 1. The number of nitrogens with one attached hydrogen (secondary N) is 2. The van der Waals surface area contributed by atoms with Crippen LogP contribution in [0.15, 0.2) is 40.2 Å². The smallest absolute Gasteiger partial charge is 0.264 e. The second-order valence-corrected chi connectivity index (χ2v) is 6.76. The van der Waals surface area contributed by atoms with Crippen LogP contribution < -0.4 is 16.6 Å². The summed E-state index contributed by atoms with van der Waals surface area (Å²) in [4.78, 5) is 20.1. The van der Waals surface area contributed by atoms with E-state index in [1.165, 1.54) is 16.0 Å². The standard InChI is InChI=1S/C14H15N9OS2/c1-9-7-25-13(18-9)19-11(24)8-26-14-22-21-12(23(14)15)20-17-6-10-3-2-4-16-5-10/h2-7H,8,15H2,1H3,(H,20,21)(H,18,19,24)/b17-6+. The highest BCUT2D eigenvalue weighted by molar-refractivity contribution is 7.99. The second-order valence-electron chi connectivity index (χ2n) is 4.96. The SMILES string of the molecule is Cc1csc(NC(=O)CSc2nnc(N/N=C/c3cccnc3)n2N)n1. The predicted molar refractivity (Wildman–Crippen MR) is 102 cm³/mol. The van der Waals surface area contributed by atoms with Crippen LogP contribution in [-0.2, 0) is 4.79 Å². The van der Waals surface area contributed by atoms with Crippen molar-refractivity contribution in [3.8, 4) is 0 Å². The minimum absolute atomic E-state index is 0.132. The summed E-state index contributed by atoms with van der Waals surface area (Å²) < 4.78 is 1.23. The lowest BCUT2D eigenvalue weighted by Gasteiger charge is -2.03. The molecule has 3 heterocycles. The largest absolute Gasteiger partial charge is 0.334 e. The quantitative estimate of drug-likeness (QED) is 0.238. The van der Waals surface area contributed by atoms with Crippen molar-refractivity contribution in [1.82, 2.24) is 24.8 Å². The first kappa shape index (κ1) is 17.8. The van der Waals surface area contributed by atoms with Crippen molar-refractivity contribution in [3.63, 3.8) is 0 Å². The lowest BCUT2D eigenvalue weighted by molar-refractivity contribution is -0.113. The molecule has 0 spiro atoms. The van der Waals surface area contributed by atoms with Crippen LogP contribution in [0, 0.1) is 6.92 Å². The molecule has 3 aromatic rings. The molecule has 134 valence electrons. The van der Waals surface area contributed by atoms with Gasteiger partial charge in [0.15, 0.2) is 5.13 Å². The molecule has 0 unspecified atom stereocenters. The van der Waals surface area contributed by atoms with Crippen LogP contribution >= 0.6 is 23.1 Å². The molecule has 10 nitrogen and oxygen atoms in total. The highest BCUT2D eigenvalue weighted by Gasteiger charge is 2.12. The summed E-state index contributed by atoms with van der Waals surface area (Å²) in [6.45, 7) is 1.86. The number of thioether (sulfide) groups is 1. The lowest BCUT2D eigenvalue weighted by atomic mass is 10.3. The Hall–Kier alpha value is -2.99. The van der Waals surface area contributed by atoms with Crippen LogP contribution in [0.1, 0.15) is 11.3 Å². The Morgan fingerprint density at radius 3 is 3.12 bits per heavy atom. The highest BCUT2D eigenvalue weighted by Crippen LogP contribution is 2.18. The number of hydrogen-bond acceptors (Lipinski definition) is 10. The number of hydrogen-bond donors (Lipinski definition) is 3. The van der Waals surface area contributed by atoms with Crippen molar-refractivity contribution < 1.29 is 4.79 Å². The summed E-state index contributed by atoms with van der Waals surface area (Å²) in [5, 5.41) is 17.4. The fourth-order valence-electron chi connectivity index (χ4n) is 1.77. The number of aryl methyl sites for hydroxylation is 1. The van der Waals surface area contributed by atoms with Gasteiger partial charge in [0.1, 0.15) is 0 Å². The molecule has 1 amide bonds. The molecular formula is C14H15N9OS2. The van der Waals surface area contributed by atoms with Gasteiger partial charge in [0.2, 0.25) is 11.1 Å². The van der Waals surface area contributed by atoms with E-state index in [1.807, 2.05) is 18.4 Å². The van der Waals surface area contributed by atoms with E-state index in [1.54, 1.807) is 24.7 Å². The van der Waals surface area contributed by atoms with Crippen molar-refractivity contribution in [2.75, 3.05) is 22.3 Å². The van der Waals surface area contributed by atoms with E-state index < -0.39 is 0 Å². The van der Waals surface area contributed by atoms with Crippen molar-refractivity contribution in [1.29, 1.82) is 0 Å².